The number of amides is 2. The van der Waals surface area contributed by atoms with Gasteiger partial charge in [0.25, 0.3) is 0 Å². The van der Waals surface area contributed by atoms with E-state index >= 15 is 0 Å². The van der Waals surface area contributed by atoms with Crippen molar-refractivity contribution >= 4 is 6.03 Å². The third kappa shape index (κ3) is 3.04. The van der Waals surface area contributed by atoms with Crippen LogP contribution in [0.4, 0.5) is 4.79 Å². The molecule has 0 aromatic heterocycles. The van der Waals surface area contributed by atoms with Gasteiger partial charge in [0.2, 0.25) is 0 Å². The largest absolute Gasteiger partial charge is 0.328 e. The molecular weight excluding hydrogens is 238 g/mol. The summed E-state index contributed by atoms with van der Waals surface area (Å²) in [6.45, 7) is 5.34. The number of hydrogen-bond donors (Lipinski definition) is 1. The number of hydrogen-bond acceptors (Lipinski definition) is 2. The average molecular weight is 267 g/mol. The van der Waals surface area contributed by atoms with Gasteiger partial charge in [0, 0.05) is 26.2 Å². The normalized spacial score (nSPS) is 23.2. The zero-order valence-electron chi connectivity index (χ0n) is 12.4. The summed E-state index contributed by atoms with van der Waals surface area (Å²) in [4.78, 5) is 16.9. The summed E-state index contributed by atoms with van der Waals surface area (Å²) in [5, 5.41) is 0. The molecule has 0 aromatic rings. The molecule has 0 unspecified atom stereocenters. The van der Waals surface area contributed by atoms with E-state index in [0.29, 0.717) is 6.54 Å². The van der Waals surface area contributed by atoms with Crippen molar-refractivity contribution in [1.29, 1.82) is 0 Å². The molecular formula is C15H29N3O. The monoisotopic (exact) mass is 267 g/mol. The predicted octanol–water partition coefficient (Wildman–Crippen LogP) is 2.58. The van der Waals surface area contributed by atoms with Gasteiger partial charge in [-0.15, -0.1) is 0 Å². The van der Waals surface area contributed by atoms with Gasteiger partial charge >= 0.3 is 6.03 Å². The Labute approximate surface area is 117 Å². The Morgan fingerprint density at radius 2 is 1.68 bits per heavy atom. The summed E-state index contributed by atoms with van der Waals surface area (Å²) in [7, 11) is 0. The summed E-state index contributed by atoms with van der Waals surface area (Å²) in [6.07, 6.45) is 9.46. The minimum Gasteiger partial charge on any atom is -0.328 e. The zero-order chi connectivity index (χ0) is 13.7. The number of nitrogens with zero attached hydrogens (tertiary/aromatic N) is 2. The molecule has 2 fully saturated rings. The Morgan fingerprint density at radius 3 is 2.16 bits per heavy atom. The fourth-order valence-electron chi connectivity index (χ4n) is 3.72. The molecule has 0 aromatic carbocycles. The lowest BCUT2D eigenvalue weighted by atomic mass is 9.88. The highest BCUT2D eigenvalue weighted by atomic mass is 16.2. The maximum Gasteiger partial charge on any atom is 0.320 e. The van der Waals surface area contributed by atoms with Crippen LogP contribution in [0.3, 0.4) is 0 Å². The van der Waals surface area contributed by atoms with Gasteiger partial charge in [-0.25, -0.2) is 4.79 Å². The lowest BCUT2D eigenvalue weighted by Gasteiger charge is -2.44. The van der Waals surface area contributed by atoms with Crippen LogP contribution in [-0.2, 0) is 0 Å². The zero-order valence-corrected chi connectivity index (χ0v) is 12.4. The first-order valence-corrected chi connectivity index (χ1v) is 8.00. The molecule has 0 spiro atoms. The van der Waals surface area contributed by atoms with Gasteiger partial charge in [0.1, 0.15) is 0 Å². The summed E-state index contributed by atoms with van der Waals surface area (Å²) in [5.74, 6) is 0. The first kappa shape index (κ1) is 14.6. The summed E-state index contributed by atoms with van der Waals surface area (Å²) < 4.78 is 0. The molecule has 1 saturated heterocycles. The van der Waals surface area contributed by atoms with Crippen molar-refractivity contribution in [2.45, 2.75) is 63.8 Å². The Kier molecular flexibility index (Phi) is 5.08. The van der Waals surface area contributed by atoms with Crippen LogP contribution < -0.4 is 5.73 Å². The maximum atomic E-state index is 12.7. The number of rotatable bonds is 3. The predicted molar refractivity (Wildman–Crippen MR) is 78.1 cm³/mol. The molecule has 2 N–H and O–H groups in total. The highest BCUT2D eigenvalue weighted by Gasteiger charge is 2.39. The molecule has 2 rings (SSSR count). The molecule has 110 valence electrons. The second kappa shape index (κ2) is 6.60. The molecule has 4 heteroatoms. The molecule has 1 saturated carbocycles. The van der Waals surface area contributed by atoms with Crippen LogP contribution in [0.1, 0.15) is 58.3 Å². The van der Waals surface area contributed by atoms with E-state index in [0.717, 1.165) is 45.3 Å². The average Bonchev–Trinajstić information content (AvgIpc) is 2.86. The second-order valence-corrected chi connectivity index (χ2v) is 6.06. The highest BCUT2D eigenvalue weighted by molar-refractivity contribution is 5.75. The molecule has 2 amide bonds. The van der Waals surface area contributed by atoms with Gasteiger partial charge < -0.3 is 15.5 Å². The van der Waals surface area contributed by atoms with E-state index in [9.17, 15) is 4.79 Å². The molecule has 19 heavy (non-hydrogen) atoms. The summed E-state index contributed by atoms with van der Waals surface area (Å²) in [6, 6.07) is 0.229. The van der Waals surface area contributed by atoms with Gasteiger partial charge in [-0.1, -0.05) is 25.7 Å². The van der Waals surface area contributed by atoms with Gasteiger partial charge in [0.15, 0.2) is 0 Å². The van der Waals surface area contributed by atoms with Crippen LogP contribution in [0.25, 0.3) is 0 Å². The molecule has 0 radical (unpaired) electrons. The van der Waals surface area contributed by atoms with Gasteiger partial charge in [-0.2, -0.15) is 0 Å². The third-order valence-corrected chi connectivity index (χ3v) is 4.91. The Bertz CT molecular complexity index is 292. The molecule has 0 atom stereocenters. The quantitative estimate of drug-likeness (QED) is 0.799. The van der Waals surface area contributed by atoms with Crippen molar-refractivity contribution in [3.05, 3.63) is 0 Å². The number of nitrogens with two attached hydrogens (primary N) is 1. The third-order valence-electron chi connectivity index (χ3n) is 4.91. The minimum atomic E-state index is -0.0784. The van der Waals surface area contributed by atoms with Crippen molar-refractivity contribution in [1.82, 2.24) is 9.80 Å². The summed E-state index contributed by atoms with van der Waals surface area (Å²) >= 11 is 0. The Morgan fingerprint density at radius 1 is 1.11 bits per heavy atom. The van der Waals surface area contributed by atoms with Crippen molar-refractivity contribution in [2.75, 3.05) is 26.2 Å². The topological polar surface area (TPSA) is 49.6 Å². The number of likely N-dealkylation sites (tertiary alicyclic amines) is 1. The van der Waals surface area contributed by atoms with E-state index in [1.54, 1.807) is 0 Å². The number of carbonyl (C=O) groups excluding carboxylic acids is 1. The Balaban J connectivity index is 2.14. The van der Waals surface area contributed by atoms with Crippen molar-refractivity contribution in [2.24, 2.45) is 5.73 Å². The smallest absolute Gasteiger partial charge is 0.320 e. The number of urea groups is 1. The fourth-order valence-corrected chi connectivity index (χ4v) is 3.72. The fraction of sp³-hybridized carbons (Fsp3) is 0.933. The van der Waals surface area contributed by atoms with E-state index in [1.807, 2.05) is 4.90 Å². The Hall–Kier alpha value is -0.770. The van der Waals surface area contributed by atoms with Crippen LogP contribution in [0.5, 0.6) is 0 Å². The first-order chi connectivity index (χ1) is 9.23. The van der Waals surface area contributed by atoms with E-state index in [2.05, 4.69) is 11.8 Å². The lowest BCUT2D eigenvalue weighted by Crippen LogP contribution is -2.59. The maximum absolute atomic E-state index is 12.7. The minimum absolute atomic E-state index is 0.0784. The standard InChI is InChI=1S/C15H29N3O/c1-2-18(14(19)17-11-7-8-12-17)15(13-16)9-5-3-4-6-10-15/h2-13,16H2,1H3. The molecule has 1 heterocycles. The molecule has 1 aliphatic carbocycles. The van der Waals surface area contributed by atoms with Crippen LogP contribution >= 0.6 is 0 Å². The highest BCUT2D eigenvalue weighted by Crippen LogP contribution is 2.33. The molecule has 2 aliphatic rings. The van der Waals surface area contributed by atoms with Crippen molar-refractivity contribution < 1.29 is 4.79 Å². The van der Waals surface area contributed by atoms with Crippen LogP contribution in [-0.4, -0.2) is 47.5 Å². The van der Waals surface area contributed by atoms with Gasteiger partial charge in [0.05, 0.1) is 5.54 Å². The SMILES string of the molecule is CCN(C(=O)N1CCCC1)C1(CN)CCCCCC1. The van der Waals surface area contributed by atoms with Crippen LogP contribution in [0, 0.1) is 0 Å². The first-order valence-electron chi connectivity index (χ1n) is 8.00. The number of carbonyl (C=O) groups is 1. The molecule has 0 bridgehead atoms. The van der Waals surface area contributed by atoms with E-state index in [-0.39, 0.29) is 11.6 Å². The van der Waals surface area contributed by atoms with Crippen molar-refractivity contribution in [3.8, 4) is 0 Å². The van der Waals surface area contributed by atoms with Gasteiger partial charge in [-0.3, -0.25) is 0 Å². The van der Waals surface area contributed by atoms with Crippen LogP contribution in [0.15, 0.2) is 0 Å². The number of likely N-dealkylation sites (N-methyl/N-ethyl adjacent to an activating group) is 1. The van der Waals surface area contributed by atoms with Crippen LogP contribution in [0.2, 0.25) is 0 Å². The van der Waals surface area contributed by atoms with Gasteiger partial charge in [-0.05, 0) is 32.6 Å². The summed E-state index contributed by atoms with van der Waals surface area (Å²) in [5.41, 5.74) is 6.03. The second-order valence-electron chi connectivity index (χ2n) is 6.06. The van der Waals surface area contributed by atoms with Crippen molar-refractivity contribution in [3.63, 3.8) is 0 Å². The molecule has 4 nitrogen and oxygen atoms in total. The van der Waals surface area contributed by atoms with E-state index in [4.69, 9.17) is 5.73 Å². The van der Waals surface area contributed by atoms with E-state index < -0.39 is 0 Å². The molecule has 1 aliphatic heterocycles. The van der Waals surface area contributed by atoms with E-state index in [1.165, 1.54) is 25.7 Å². The lowest BCUT2D eigenvalue weighted by molar-refractivity contribution is 0.0852.